The van der Waals surface area contributed by atoms with Crippen LogP contribution in [0.5, 0.6) is 0 Å². The molecule has 0 bridgehead atoms. The highest BCUT2D eigenvalue weighted by atomic mass is 19.4. The predicted molar refractivity (Wildman–Crippen MR) is 45.6 cm³/mol. The summed E-state index contributed by atoms with van der Waals surface area (Å²) in [5.41, 5.74) is 0.371. The third kappa shape index (κ3) is 2.25. The molecule has 0 heterocycles. The van der Waals surface area contributed by atoms with Crippen LogP contribution < -0.4 is 0 Å². The maximum atomic E-state index is 12.3. The molecule has 1 rings (SSSR count). The number of rotatable bonds is 1. The standard InChI is InChI=1S/C10H8F3N/c1-7(10(11,12)13)9-4-2-3-8(5-9)6-14/h2-5,7H,1H3/t7-/m0/s1. The lowest BCUT2D eigenvalue weighted by atomic mass is 9.99. The Morgan fingerprint density at radius 1 is 1.36 bits per heavy atom. The van der Waals surface area contributed by atoms with Gasteiger partial charge >= 0.3 is 6.18 Å². The van der Waals surface area contributed by atoms with Crippen LogP contribution in [0.15, 0.2) is 24.3 Å². The van der Waals surface area contributed by atoms with Gasteiger partial charge in [-0.3, -0.25) is 0 Å². The molecular weight excluding hydrogens is 191 g/mol. The molecule has 0 unspecified atom stereocenters. The van der Waals surface area contributed by atoms with Crippen molar-refractivity contribution in [1.82, 2.24) is 0 Å². The smallest absolute Gasteiger partial charge is 0.192 e. The van der Waals surface area contributed by atoms with Crippen molar-refractivity contribution < 1.29 is 13.2 Å². The minimum Gasteiger partial charge on any atom is -0.192 e. The van der Waals surface area contributed by atoms with Crippen LogP contribution in [0.4, 0.5) is 13.2 Å². The summed E-state index contributed by atoms with van der Waals surface area (Å²) >= 11 is 0. The summed E-state index contributed by atoms with van der Waals surface area (Å²) in [6, 6.07) is 7.38. The van der Waals surface area contributed by atoms with E-state index in [2.05, 4.69) is 0 Å². The molecule has 1 aromatic rings. The van der Waals surface area contributed by atoms with Gasteiger partial charge in [0.05, 0.1) is 17.6 Å². The second kappa shape index (κ2) is 3.70. The quantitative estimate of drug-likeness (QED) is 0.681. The van der Waals surface area contributed by atoms with Crippen molar-refractivity contribution in [2.45, 2.75) is 19.0 Å². The summed E-state index contributed by atoms with van der Waals surface area (Å²) in [6.07, 6.45) is -4.26. The summed E-state index contributed by atoms with van der Waals surface area (Å²) in [7, 11) is 0. The van der Waals surface area contributed by atoms with Gasteiger partial charge in [-0.15, -0.1) is 0 Å². The van der Waals surface area contributed by atoms with Gasteiger partial charge in [-0.1, -0.05) is 12.1 Å². The van der Waals surface area contributed by atoms with Gasteiger partial charge in [0, 0.05) is 0 Å². The van der Waals surface area contributed by atoms with Crippen LogP contribution in [0.2, 0.25) is 0 Å². The van der Waals surface area contributed by atoms with Crippen LogP contribution in [0, 0.1) is 11.3 Å². The van der Waals surface area contributed by atoms with E-state index < -0.39 is 12.1 Å². The Labute approximate surface area is 79.8 Å². The summed E-state index contributed by atoms with van der Waals surface area (Å²) in [5, 5.41) is 8.52. The molecule has 0 radical (unpaired) electrons. The third-order valence-electron chi connectivity index (χ3n) is 2.01. The van der Waals surface area contributed by atoms with Crippen molar-refractivity contribution in [3.8, 4) is 6.07 Å². The zero-order valence-corrected chi connectivity index (χ0v) is 7.47. The van der Waals surface area contributed by atoms with Crippen LogP contribution in [0.3, 0.4) is 0 Å². The third-order valence-corrected chi connectivity index (χ3v) is 2.01. The van der Waals surface area contributed by atoms with Gasteiger partial charge in [0.25, 0.3) is 0 Å². The molecule has 0 saturated carbocycles. The minimum atomic E-state index is -4.26. The largest absolute Gasteiger partial charge is 0.395 e. The molecule has 1 nitrogen and oxygen atoms in total. The van der Waals surface area contributed by atoms with Gasteiger partial charge in [0.2, 0.25) is 0 Å². The second-order valence-corrected chi connectivity index (χ2v) is 3.00. The van der Waals surface area contributed by atoms with Gasteiger partial charge in [-0.2, -0.15) is 18.4 Å². The van der Waals surface area contributed by atoms with Gasteiger partial charge in [-0.25, -0.2) is 0 Å². The highest BCUT2D eigenvalue weighted by Crippen LogP contribution is 2.34. The number of nitrogens with zero attached hydrogens (tertiary/aromatic N) is 1. The van der Waals surface area contributed by atoms with E-state index >= 15 is 0 Å². The Morgan fingerprint density at radius 2 is 2.00 bits per heavy atom. The Balaban J connectivity index is 3.03. The maximum absolute atomic E-state index is 12.3. The summed E-state index contributed by atoms with van der Waals surface area (Å²) in [5.74, 6) is -1.53. The van der Waals surface area contributed by atoms with Crippen molar-refractivity contribution in [3.05, 3.63) is 35.4 Å². The Hall–Kier alpha value is -1.50. The van der Waals surface area contributed by atoms with E-state index in [0.717, 1.165) is 6.92 Å². The maximum Gasteiger partial charge on any atom is 0.395 e. The molecule has 0 saturated heterocycles. The molecule has 0 aliphatic carbocycles. The molecular formula is C10H8F3N. The first-order chi connectivity index (χ1) is 6.45. The number of hydrogen-bond acceptors (Lipinski definition) is 1. The van der Waals surface area contributed by atoms with E-state index in [9.17, 15) is 13.2 Å². The van der Waals surface area contributed by atoms with E-state index in [1.807, 2.05) is 0 Å². The second-order valence-electron chi connectivity index (χ2n) is 3.00. The zero-order chi connectivity index (χ0) is 10.8. The van der Waals surface area contributed by atoms with Crippen LogP contribution in [0.25, 0.3) is 0 Å². The molecule has 0 aromatic heterocycles. The predicted octanol–water partition coefficient (Wildman–Crippen LogP) is 3.22. The van der Waals surface area contributed by atoms with E-state index in [1.54, 1.807) is 6.07 Å². The normalized spacial score (nSPS) is 13.4. The van der Waals surface area contributed by atoms with Crippen molar-refractivity contribution in [2.75, 3.05) is 0 Å². The Morgan fingerprint density at radius 3 is 2.50 bits per heavy atom. The summed E-state index contributed by atoms with van der Waals surface area (Å²) < 4.78 is 36.9. The van der Waals surface area contributed by atoms with Crippen molar-refractivity contribution >= 4 is 0 Å². The molecule has 4 heteroatoms. The molecule has 0 aliphatic rings. The topological polar surface area (TPSA) is 23.8 Å². The van der Waals surface area contributed by atoms with Gasteiger partial charge in [0.15, 0.2) is 0 Å². The molecule has 0 aliphatic heterocycles. The van der Waals surface area contributed by atoms with E-state index in [0.29, 0.717) is 0 Å². The van der Waals surface area contributed by atoms with Crippen LogP contribution in [-0.2, 0) is 0 Å². The first-order valence-corrected chi connectivity index (χ1v) is 4.02. The fourth-order valence-corrected chi connectivity index (χ4v) is 1.07. The molecule has 0 N–H and O–H groups in total. The lowest BCUT2D eigenvalue weighted by Gasteiger charge is -2.15. The van der Waals surface area contributed by atoms with Crippen molar-refractivity contribution in [1.29, 1.82) is 5.26 Å². The van der Waals surface area contributed by atoms with Crippen LogP contribution in [0.1, 0.15) is 24.0 Å². The molecule has 1 atom stereocenters. The lowest BCUT2D eigenvalue weighted by molar-refractivity contribution is -0.146. The molecule has 0 spiro atoms. The van der Waals surface area contributed by atoms with E-state index in [4.69, 9.17) is 5.26 Å². The minimum absolute atomic E-state index is 0.122. The Kier molecular flexibility index (Phi) is 2.80. The number of benzene rings is 1. The first kappa shape index (κ1) is 10.6. The highest BCUT2D eigenvalue weighted by molar-refractivity contribution is 5.34. The van der Waals surface area contributed by atoms with Gasteiger partial charge in [0.1, 0.15) is 0 Å². The fraction of sp³-hybridized carbons (Fsp3) is 0.300. The molecule has 0 amide bonds. The molecule has 1 aromatic carbocycles. The number of alkyl halides is 3. The zero-order valence-electron chi connectivity index (χ0n) is 7.47. The fourth-order valence-electron chi connectivity index (χ4n) is 1.07. The van der Waals surface area contributed by atoms with Gasteiger partial charge < -0.3 is 0 Å². The molecule has 0 fully saturated rings. The number of hydrogen-bond donors (Lipinski definition) is 0. The van der Waals surface area contributed by atoms with Gasteiger partial charge in [-0.05, 0) is 24.6 Å². The van der Waals surface area contributed by atoms with E-state index in [-0.39, 0.29) is 11.1 Å². The molecule has 14 heavy (non-hydrogen) atoms. The Bertz CT molecular complexity index is 362. The van der Waals surface area contributed by atoms with Crippen molar-refractivity contribution in [3.63, 3.8) is 0 Å². The van der Waals surface area contributed by atoms with Crippen molar-refractivity contribution in [2.24, 2.45) is 0 Å². The SMILES string of the molecule is C[C@@H](c1cccc(C#N)c1)C(F)(F)F. The van der Waals surface area contributed by atoms with E-state index in [1.165, 1.54) is 24.3 Å². The van der Waals surface area contributed by atoms with Crippen LogP contribution >= 0.6 is 0 Å². The number of nitriles is 1. The number of halogens is 3. The summed E-state index contributed by atoms with van der Waals surface area (Å²) in [4.78, 5) is 0. The molecule has 74 valence electrons. The van der Waals surface area contributed by atoms with Crippen LogP contribution in [-0.4, -0.2) is 6.18 Å². The monoisotopic (exact) mass is 199 g/mol. The highest BCUT2D eigenvalue weighted by Gasteiger charge is 2.36. The summed E-state index contributed by atoms with van der Waals surface area (Å²) in [6.45, 7) is 1.08. The average Bonchev–Trinajstić information content (AvgIpc) is 2.15. The average molecular weight is 199 g/mol. The first-order valence-electron chi connectivity index (χ1n) is 4.02. The lowest BCUT2D eigenvalue weighted by Crippen LogP contribution is -2.17.